The molecule has 1 aromatic rings. The number of carbonyl (C=O) groups is 4. The van der Waals surface area contributed by atoms with Gasteiger partial charge < -0.3 is 40.9 Å². The van der Waals surface area contributed by atoms with E-state index in [0.29, 0.717) is 6.04 Å². The summed E-state index contributed by atoms with van der Waals surface area (Å²) in [7, 11) is 2.19. The molecule has 5 atom stereocenters. The number of carboxylic acids is 4. The summed E-state index contributed by atoms with van der Waals surface area (Å²) >= 11 is 0. The Morgan fingerprint density at radius 2 is 1.28 bits per heavy atom. The highest BCUT2D eigenvalue weighted by Crippen LogP contribution is 2.29. The number of aliphatic carboxylic acids is 4. The zero-order chi connectivity index (χ0) is 25.0. The third kappa shape index (κ3) is 9.76. The number of likely N-dealkylation sites (tertiary alicyclic amines) is 1. The van der Waals surface area contributed by atoms with Crippen molar-refractivity contribution < 1.29 is 60.0 Å². The molecule has 1 saturated heterocycles. The van der Waals surface area contributed by atoms with Crippen LogP contribution in [0.25, 0.3) is 0 Å². The highest BCUT2D eigenvalue weighted by atomic mass is 16.4. The predicted octanol–water partition coefficient (Wildman–Crippen LogP) is -2.40. The minimum atomic E-state index is -2.27. The van der Waals surface area contributed by atoms with E-state index in [1.807, 2.05) is 18.5 Å². The van der Waals surface area contributed by atoms with Crippen molar-refractivity contribution in [1.29, 1.82) is 0 Å². The topological polar surface area (TPSA) is 246 Å². The van der Waals surface area contributed by atoms with Crippen molar-refractivity contribution >= 4 is 23.9 Å². The smallest absolute Gasteiger partial charge is 0.335 e. The second-order valence-electron chi connectivity index (χ2n) is 6.56. The van der Waals surface area contributed by atoms with E-state index in [1.54, 1.807) is 0 Å². The summed E-state index contributed by atoms with van der Waals surface area (Å²) in [4.78, 5) is 45.6. The fourth-order valence-electron chi connectivity index (χ4n) is 2.44. The number of hydrogen-bond donors (Lipinski definition) is 8. The Kier molecular flexibility index (Phi) is 12.6. The van der Waals surface area contributed by atoms with E-state index >= 15 is 0 Å². The monoisotopic (exact) mass is 462 g/mol. The molecule has 1 aliphatic rings. The molecule has 1 aliphatic heterocycles. The molecule has 8 N–H and O–H groups in total. The summed E-state index contributed by atoms with van der Waals surface area (Å²) < 4.78 is 0. The average molecular weight is 462 g/mol. The van der Waals surface area contributed by atoms with Gasteiger partial charge in [0, 0.05) is 18.4 Å². The Balaban J connectivity index is 0.000000455. The van der Waals surface area contributed by atoms with Crippen LogP contribution in [0.2, 0.25) is 0 Å². The van der Waals surface area contributed by atoms with Crippen molar-refractivity contribution in [3.8, 4) is 0 Å². The van der Waals surface area contributed by atoms with Gasteiger partial charge in [-0.3, -0.25) is 9.88 Å². The molecule has 180 valence electrons. The Bertz CT molecular complexity index is 688. The molecule has 0 bridgehead atoms. The SMILES string of the molecule is CN1CCCC1c1cccnc1.O=C(O)C(O)C(O)C(=O)O.O=C(O)C(O)C(O)C(=O)O. The number of aromatic nitrogens is 1. The summed E-state index contributed by atoms with van der Waals surface area (Å²) in [6.07, 6.45) is -2.66. The van der Waals surface area contributed by atoms with Crippen LogP contribution in [-0.2, 0) is 19.2 Å². The molecule has 0 spiro atoms. The first-order valence-corrected chi connectivity index (χ1v) is 9.04. The maximum Gasteiger partial charge on any atom is 0.335 e. The number of pyridine rings is 1. The molecule has 5 unspecified atom stereocenters. The largest absolute Gasteiger partial charge is 0.479 e. The lowest BCUT2D eigenvalue weighted by Crippen LogP contribution is -2.39. The van der Waals surface area contributed by atoms with Crippen molar-refractivity contribution in [2.75, 3.05) is 13.6 Å². The van der Waals surface area contributed by atoms with Gasteiger partial charge in [0.15, 0.2) is 24.4 Å². The van der Waals surface area contributed by atoms with Crippen LogP contribution in [0.1, 0.15) is 24.4 Å². The number of hydrogen-bond acceptors (Lipinski definition) is 10. The molecule has 14 heteroatoms. The van der Waals surface area contributed by atoms with Crippen molar-refractivity contribution in [1.82, 2.24) is 9.88 Å². The quantitative estimate of drug-likeness (QED) is 0.210. The molecule has 0 amide bonds. The van der Waals surface area contributed by atoms with Crippen LogP contribution in [0, 0.1) is 0 Å². The molecule has 14 nitrogen and oxygen atoms in total. The van der Waals surface area contributed by atoms with E-state index in [-0.39, 0.29) is 0 Å². The van der Waals surface area contributed by atoms with E-state index < -0.39 is 48.3 Å². The fraction of sp³-hybridized carbons (Fsp3) is 0.500. The van der Waals surface area contributed by atoms with Gasteiger partial charge in [-0.25, -0.2) is 19.2 Å². The summed E-state index contributed by atoms with van der Waals surface area (Å²) in [5.74, 6) is -7.07. The van der Waals surface area contributed by atoms with Crippen molar-refractivity contribution in [2.45, 2.75) is 43.3 Å². The van der Waals surface area contributed by atoms with Gasteiger partial charge in [0.2, 0.25) is 0 Å². The van der Waals surface area contributed by atoms with Crippen molar-refractivity contribution in [2.24, 2.45) is 0 Å². The maximum absolute atomic E-state index is 9.77. The molecule has 1 aromatic heterocycles. The lowest BCUT2D eigenvalue weighted by Gasteiger charge is -2.18. The third-order valence-electron chi connectivity index (χ3n) is 4.20. The fourth-order valence-corrected chi connectivity index (χ4v) is 2.44. The van der Waals surface area contributed by atoms with Gasteiger partial charge in [-0.15, -0.1) is 0 Å². The Hall–Kier alpha value is -3.17. The zero-order valence-electron chi connectivity index (χ0n) is 16.9. The van der Waals surface area contributed by atoms with Gasteiger partial charge in [-0.1, -0.05) is 6.07 Å². The Morgan fingerprint density at radius 3 is 1.53 bits per heavy atom. The molecule has 0 radical (unpaired) electrons. The standard InChI is InChI=1S/C10H14N2.2C4H6O6/c1-12-7-3-5-10(12)9-4-2-6-11-8-9;2*5-1(3(7)8)2(6)4(9)10/h2,4,6,8,10H,3,5,7H2,1H3;2*1-2,5-6H,(H,7,8)(H,9,10). The van der Waals surface area contributed by atoms with Gasteiger partial charge in [-0.05, 0) is 38.1 Å². The van der Waals surface area contributed by atoms with Crippen molar-refractivity contribution in [3.05, 3.63) is 30.1 Å². The molecular weight excluding hydrogens is 436 g/mol. The average Bonchev–Trinajstić information content (AvgIpc) is 3.18. The van der Waals surface area contributed by atoms with Crippen LogP contribution in [-0.4, -0.2) is 113 Å². The number of aliphatic hydroxyl groups is 4. The van der Waals surface area contributed by atoms with Crippen LogP contribution >= 0.6 is 0 Å². The molecule has 2 rings (SSSR count). The molecule has 0 saturated carbocycles. The number of rotatable bonds is 7. The first-order chi connectivity index (χ1) is 14.8. The number of nitrogens with zero attached hydrogens (tertiary/aromatic N) is 2. The van der Waals surface area contributed by atoms with Crippen LogP contribution in [0.5, 0.6) is 0 Å². The highest BCUT2D eigenvalue weighted by molar-refractivity contribution is 5.83. The maximum atomic E-state index is 9.77. The van der Waals surface area contributed by atoms with E-state index in [1.165, 1.54) is 24.9 Å². The van der Waals surface area contributed by atoms with E-state index in [4.69, 9.17) is 40.9 Å². The summed E-state index contributed by atoms with van der Waals surface area (Å²) in [6, 6.07) is 4.79. The van der Waals surface area contributed by atoms with E-state index in [2.05, 4.69) is 23.0 Å². The first-order valence-electron chi connectivity index (χ1n) is 9.04. The van der Waals surface area contributed by atoms with Crippen LogP contribution in [0.3, 0.4) is 0 Å². The number of aliphatic hydroxyl groups excluding tert-OH is 4. The van der Waals surface area contributed by atoms with Gasteiger partial charge in [0.05, 0.1) is 0 Å². The van der Waals surface area contributed by atoms with E-state index in [0.717, 1.165) is 0 Å². The summed E-state index contributed by atoms with van der Waals surface area (Å²) in [5.41, 5.74) is 1.36. The number of carboxylic acid groups (broad SMARTS) is 4. The lowest BCUT2D eigenvalue weighted by molar-refractivity contribution is -0.165. The minimum Gasteiger partial charge on any atom is -0.479 e. The lowest BCUT2D eigenvalue weighted by atomic mass is 10.1. The molecule has 0 aliphatic carbocycles. The minimum absolute atomic E-state index is 0.610. The normalized spacial score (nSPS) is 19.1. The molecule has 2 heterocycles. The van der Waals surface area contributed by atoms with Crippen LogP contribution < -0.4 is 0 Å². The second-order valence-corrected chi connectivity index (χ2v) is 6.56. The second kappa shape index (κ2) is 14.0. The van der Waals surface area contributed by atoms with Gasteiger partial charge in [0.25, 0.3) is 0 Å². The van der Waals surface area contributed by atoms with Crippen LogP contribution in [0.15, 0.2) is 24.5 Å². The third-order valence-corrected chi connectivity index (χ3v) is 4.20. The van der Waals surface area contributed by atoms with Crippen molar-refractivity contribution in [3.63, 3.8) is 0 Å². The molecule has 32 heavy (non-hydrogen) atoms. The van der Waals surface area contributed by atoms with Gasteiger partial charge in [-0.2, -0.15) is 0 Å². The Labute approximate surface area is 181 Å². The Morgan fingerprint density at radius 1 is 0.875 bits per heavy atom. The summed E-state index contributed by atoms with van der Waals surface area (Å²) in [5, 5.41) is 65.1. The molecular formula is C18H26N2O12. The van der Waals surface area contributed by atoms with E-state index in [9.17, 15) is 19.2 Å². The van der Waals surface area contributed by atoms with Gasteiger partial charge in [0.1, 0.15) is 0 Å². The zero-order valence-corrected chi connectivity index (χ0v) is 16.9. The predicted molar refractivity (Wildman–Crippen MR) is 103 cm³/mol. The molecule has 1 fully saturated rings. The van der Waals surface area contributed by atoms with Gasteiger partial charge >= 0.3 is 23.9 Å². The molecule has 0 aromatic carbocycles. The van der Waals surface area contributed by atoms with Crippen LogP contribution in [0.4, 0.5) is 0 Å². The highest BCUT2D eigenvalue weighted by Gasteiger charge is 2.30. The first kappa shape index (κ1) is 28.8. The summed E-state index contributed by atoms with van der Waals surface area (Å²) in [6.45, 7) is 1.22.